The van der Waals surface area contributed by atoms with E-state index >= 15 is 0 Å². The van der Waals surface area contributed by atoms with Crippen LogP contribution in [0.2, 0.25) is 0 Å². The molecule has 0 aliphatic carbocycles. The number of carbonyl (C=O) groups excluding carboxylic acids is 2. The zero-order chi connectivity index (χ0) is 22.9. The Hall–Kier alpha value is -2.94. The number of aromatic nitrogens is 1. The molecule has 1 aliphatic rings. The third-order valence-corrected chi connectivity index (χ3v) is 6.77. The van der Waals surface area contributed by atoms with Crippen LogP contribution in [0.4, 0.5) is 13.2 Å². The van der Waals surface area contributed by atoms with E-state index in [0.29, 0.717) is 21.4 Å². The molecule has 168 valence electrons. The quantitative estimate of drug-likeness (QED) is 0.582. The number of thiophene rings is 1. The standard InChI is InChI=1S/C23H22F3N3O2S/c1-14-17-8-9-18(23(24,25)26)28-21(17)32-19(14)20(30)27-13-15-6-5-7-16(12-15)22(31)29-10-3-2-4-11-29/h5-9,12H,2-4,10-11,13H2,1H3,(H,27,30). The van der Waals surface area contributed by atoms with Crippen molar-refractivity contribution in [1.29, 1.82) is 0 Å². The summed E-state index contributed by atoms with van der Waals surface area (Å²) in [5.41, 5.74) is 0.976. The molecule has 1 aromatic carbocycles. The van der Waals surface area contributed by atoms with Crippen LogP contribution < -0.4 is 5.32 Å². The second kappa shape index (κ2) is 8.90. The molecule has 0 unspecified atom stereocenters. The Kier molecular flexibility index (Phi) is 6.19. The van der Waals surface area contributed by atoms with E-state index in [1.807, 2.05) is 11.0 Å². The number of alkyl halides is 3. The van der Waals surface area contributed by atoms with Crippen LogP contribution in [0, 0.1) is 6.92 Å². The summed E-state index contributed by atoms with van der Waals surface area (Å²) in [4.78, 5) is 31.5. The predicted octanol–water partition coefficient (Wildman–Crippen LogP) is 5.18. The maximum atomic E-state index is 12.9. The first-order valence-corrected chi connectivity index (χ1v) is 11.2. The highest BCUT2D eigenvalue weighted by Gasteiger charge is 2.33. The van der Waals surface area contributed by atoms with Crippen molar-refractivity contribution >= 4 is 33.4 Å². The fraction of sp³-hybridized carbons (Fsp3) is 0.348. The molecule has 4 rings (SSSR count). The average molecular weight is 462 g/mol. The number of carbonyl (C=O) groups is 2. The van der Waals surface area contributed by atoms with Crippen molar-refractivity contribution in [1.82, 2.24) is 15.2 Å². The topological polar surface area (TPSA) is 62.3 Å². The van der Waals surface area contributed by atoms with Gasteiger partial charge in [-0.1, -0.05) is 12.1 Å². The highest BCUT2D eigenvalue weighted by molar-refractivity contribution is 7.20. The van der Waals surface area contributed by atoms with Gasteiger partial charge in [-0.25, -0.2) is 4.98 Å². The molecule has 1 aliphatic heterocycles. The Balaban J connectivity index is 1.47. The Morgan fingerprint density at radius 1 is 1.12 bits per heavy atom. The second-order valence-corrected chi connectivity index (χ2v) is 8.84. The van der Waals surface area contributed by atoms with E-state index < -0.39 is 11.9 Å². The third-order valence-electron chi connectivity index (χ3n) is 5.57. The van der Waals surface area contributed by atoms with Gasteiger partial charge in [-0.05, 0) is 61.6 Å². The SMILES string of the molecule is Cc1c(C(=O)NCc2cccc(C(=O)N3CCCCC3)c2)sc2nc(C(F)(F)F)ccc12. The monoisotopic (exact) mass is 461 g/mol. The normalized spacial score (nSPS) is 14.6. The lowest BCUT2D eigenvalue weighted by Gasteiger charge is -2.26. The van der Waals surface area contributed by atoms with Crippen LogP contribution in [0.3, 0.4) is 0 Å². The first-order chi connectivity index (χ1) is 15.2. The molecule has 1 saturated heterocycles. The second-order valence-electron chi connectivity index (χ2n) is 7.84. The number of nitrogens with one attached hydrogen (secondary N) is 1. The molecule has 0 spiro atoms. The van der Waals surface area contributed by atoms with Crippen molar-refractivity contribution in [2.75, 3.05) is 13.1 Å². The van der Waals surface area contributed by atoms with Crippen molar-refractivity contribution in [2.45, 2.75) is 38.9 Å². The maximum Gasteiger partial charge on any atom is 0.433 e. The number of amides is 2. The van der Waals surface area contributed by atoms with E-state index in [0.717, 1.165) is 55.3 Å². The maximum absolute atomic E-state index is 12.9. The number of rotatable bonds is 4. The number of benzene rings is 1. The number of nitrogens with zero attached hydrogens (tertiary/aromatic N) is 2. The lowest BCUT2D eigenvalue weighted by atomic mass is 10.1. The van der Waals surface area contributed by atoms with Crippen molar-refractivity contribution in [3.05, 3.63) is 63.7 Å². The Bertz CT molecular complexity index is 1170. The van der Waals surface area contributed by atoms with Gasteiger partial charge in [0.15, 0.2) is 0 Å². The predicted molar refractivity (Wildman–Crippen MR) is 117 cm³/mol. The van der Waals surface area contributed by atoms with E-state index in [1.165, 1.54) is 6.07 Å². The molecule has 32 heavy (non-hydrogen) atoms. The van der Waals surface area contributed by atoms with E-state index in [9.17, 15) is 22.8 Å². The van der Waals surface area contributed by atoms with Gasteiger partial charge in [0.2, 0.25) is 0 Å². The molecule has 0 saturated carbocycles. The summed E-state index contributed by atoms with van der Waals surface area (Å²) >= 11 is 0.940. The lowest BCUT2D eigenvalue weighted by Crippen LogP contribution is -2.35. The van der Waals surface area contributed by atoms with Crippen LogP contribution in [-0.2, 0) is 12.7 Å². The van der Waals surface area contributed by atoms with Gasteiger partial charge in [0.05, 0.1) is 4.88 Å². The molecule has 2 aromatic heterocycles. The molecule has 0 atom stereocenters. The van der Waals surface area contributed by atoms with E-state index in [2.05, 4.69) is 10.3 Å². The van der Waals surface area contributed by atoms with E-state index in [1.54, 1.807) is 25.1 Å². The summed E-state index contributed by atoms with van der Waals surface area (Å²) in [6.07, 6.45) is -1.38. The Labute approximate surface area is 187 Å². The number of likely N-dealkylation sites (tertiary alicyclic amines) is 1. The largest absolute Gasteiger partial charge is 0.433 e. The fourth-order valence-electron chi connectivity index (χ4n) is 3.83. The third kappa shape index (κ3) is 4.62. The van der Waals surface area contributed by atoms with Crippen molar-refractivity contribution in [3.63, 3.8) is 0 Å². The first kappa shape index (κ1) is 22.3. The van der Waals surface area contributed by atoms with Crippen LogP contribution in [0.1, 0.15) is 56.1 Å². The molecular weight excluding hydrogens is 439 g/mol. The van der Waals surface area contributed by atoms with Crippen LogP contribution >= 0.6 is 11.3 Å². The van der Waals surface area contributed by atoms with Crippen LogP contribution in [0.15, 0.2) is 36.4 Å². The molecule has 0 bridgehead atoms. The number of pyridine rings is 1. The fourth-order valence-corrected chi connectivity index (χ4v) is 4.93. The van der Waals surface area contributed by atoms with Gasteiger partial charge in [0.1, 0.15) is 10.5 Å². The van der Waals surface area contributed by atoms with Crippen molar-refractivity contribution < 1.29 is 22.8 Å². The van der Waals surface area contributed by atoms with Crippen molar-refractivity contribution in [2.24, 2.45) is 0 Å². The number of fused-ring (bicyclic) bond motifs is 1. The van der Waals surface area contributed by atoms with Gasteiger partial charge in [-0.2, -0.15) is 13.2 Å². The van der Waals surface area contributed by atoms with Gasteiger partial charge in [0.25, 0.3) is 11.8 Å². The van der Waals surface area contributed by atoms with Crippen LogP contribution in [-0.4, -0.2) is 34.8 Å². The first-order valence-electron chi connectivity index (χ1n) is 10.4. The van der Waals surface area contributed by atoms with E-state index in [-0.39, 0.29) is 23.2 Å². The van der Waals surface area contributed by atoms with Gasteiger partial charge in [0, 0.05) is 30.6 Å². The summed E-state index contributed by atoms with van der Waals surface area (Å²) in [6.45, 7) is 3.42. The molecule has 2 amide bonds. The van der Waals surface area contributed by atoms with Crippen LogP contribution in [0.25, 0.3) is 10.2 Å². The smallest absolute Gasteiger partial charge is 0.347 e. The summed E-state index contributed by atoms with van der Waals surface area (Å²) in [5.74, 6) is -0.392. The minimum absolute atomic E-state index is 0.00947. The van der Waals surface area contributed by atoms with Gasteiger partial charge in [-0.3, -0.25) is 9.59 Å². The molecular formula is C23H22F3N3O2S. The molecule has 3 aromatic rings. The lowest BCUT2D eigenvalue weighted by molar-refractivity contribution is -0.140. The average Bonchev–Trinajstić information content (AvgIpc) is 3.13. The summed E-state index contributed by atoms with van der Waals surface area (Å²) in [6, 6.07) is 9.42. The number of hydrogen-bond acceptors (Lipinski definition) is 4. The molecule has 1 N–H and O–H groups in total. The summed E-state index contributed by atoms with van der Waals surface area (Å²) in [5, 5.41) is 3.33. The minimum atomic E-state index is -4.54. The van der Waals surface area contributed by atoms with Gasteiger partial charge < -0.3 is 10.2 Å². The summed E-state index contributed by atoms with van der Waals surface area (Å²) < 4.78 is 38.8. The number of hydrogen-bond donors (Lipinski definition) is 1. The number of piperidine rings is 1. The van der Waals surface area contributed by atoms with Gasteiger partial charge >= 0.3 is 6.18 Å². The van der Waals surface area contributed by atoms with Gasteiger partial charge in [-0.15, -0.1) is 11.3 Å². The molecule has 0 radical (unpaired) electrons. The highest BCUT2D eigenvalue weighted by atomic mass is 32.1. The summed E-state index contributed by atoms with van der Waals surface area (Å²) in [7, 11) is 0. The van der Waals surface area contributed by atoms with Crippen molar-refractivity contribution in [3.8, 4) is 0 Å². The highest BCUT2D eigenvalue weighted by Crippen LogP contribution is 2.34. The van der Waals surface area contributed by atoms with Crippen LogP contribution in [0.5, 0.6) is 0 Å². The Morgan fingerprint density at radius 3 is 2.59 bits per heavy atom. The number of halogens is 3. The zero-order valence-corrected chi connectivity index (χ0v) is 18.3. The Morgan fingerprint density at radius 2 is 1.88 bits per heavy atom. The molecule has 1 fully saturated rings. The molecule has 3 heterocycles. The number of aryl methyl sites for hydroxylation is 1. The zero-order valence-electron chi connectivity index (χ0n) is 17.5. The molecule has 9 heteroatoms. The minimum Gasteiger partial charge on any atom is -0.347 e. The van der Waals surface area contributed by atoms with E-state index in [4.69, 9.17) is 0 Å². The molecule has 5 nitrogen and oxygen atoms in total.